The third kappa shape index (κ3) is 2.03. The zero-order chi connectivity index (χ0) is 11.9. The summed E-state index contributed by atoms with van der Waals surface area (Å²) in [4.78, 5) is 13.3. The molecule has 2 N–H and O–H groups in total. The molecule has 0 aliphatic carbocycles. The third-order valence-electron chi connectivity index (χ3n) is 2.67. The predicted molar refractivity (Wildman–Crippen MR) is 66.1 cm³/mol. The fourth-order valence-corrected chi connectivity index (χ4v) is 2.30. The van der Waals surface area contributed by atoms with E-state index < -0.39 is 0 Å². The monoisotopic (exact) mass is 258 g/mol. The average molecular weight is 259 g/mol. The Kier molecular flexibility index (Phi) is 3.10. The van der Waals surface area contributed by atoms with E-state index in [1.165, 1.54) is 0 Å². The van der Waals surface area contributed by atoms with E-state index in [-0.39, 0.29) is 11.9 Å². The van der Waals surface area contributed by atoms with E-state index in [2.05, 4.69) is 0 Å². The highest BCUT2D eigenvalue weighted by Gasteiger charge is 2.29. The van der Waals surface area contributed by atoms with Crippen LogP contribution in [-0.4, -0.2) is 18.5 Å². The molecule has 1 aromatic rings. The molecule has 1 fully saturated rings. The molecule has 1 aliphatic rings. The van der Waals surface area contributed by atoms with Crippen LogP contribution in [0.5, 0.6) is 0 Å². The van der Waals surface area contributed by atoms with Gasteiger partial charge in [0.1, 0.15) is 0 Å². The number of hydrogen-bond donors (Lipinski definition) is 1. The van der Waals surface area contributed by atoms with Gasteiger partial charge in [0.2, 0.25) is 5.91 Å². The predicted octanol–water partition coefficient (Wildman–Crippen LogP) is 2.37. The Morgan fingerprint density at radius 1 is 1.38 bits per heavy atom. The molecule has 1 saturated heterocycles. The summed E-state index contributed by atoms with van der Waals surface area (Å²) in [6, 6.07) is 3.37. The number of anilines is 1. The van der Waals surface area contributed by atoms with Crippen LogP contribution < -0.4 is 10.6 Å². The van der Waals surface area contributed by atoms with Gasteiger partial charge in [-0.2, -0.15) is 0 Å². The van der Waals surface area contributed by atoms with E-state index in [0.29, 0.717) is 28.7 Å². The van der Waals surface area contributed by atoms with Crippen LogP contribution in [0.2, 0.25) is 10.0 Å². The molecule has 16 heavy (non-hydrogen) atoms. The van der Waals surface area contributed by atoms with Crippen molar-refractivity contribution in [2.24, 2.45) is 5.73 Å². The number of nitrogens with two attached hydrogens (primary N) is 1. The highest BCUT2D eigenvalue weighted by molar-refractivity contribution is 6.37. The smallest absolute Gasteiger partial charge is 0.228 e. The number of rotatable bonds is 1. The maximum absolute atomic E-state index is 11.7. The maximum atomic E-state index is 11.7. The van der Waals surface area contributed by atoms with Gasteiger partial charge in [0.15, 0.2) is 0 Å². The maximum Gasteiger partial charge on any atom is 0.228 e. The number of benzene rings is 1. The summed E-state index contributed by atoms with van der Waals surface area (Å²) in [5, 5.41) is 1.09. The summed E-state index contributed by atoms with van der Waals surface area (Å²) >= 11 is 12.0. The quantitative estimate of drug-likeness (QED) is 0.841. The van der Waals surface area contributed by atoms with Crippen LogP contribution in [0.4, 0.5) is 5.69 Å². The van der Waals surface area contributed by atoms with Crippen molar-refractivity contribution >= 4 is 34.8 Å². The van der Waals surface area contributed by atoms with Crippen LogP contribution in [0.25, 0.3) is 0 Å². The molecule has 5 heteroatoms. The molecular weight excluding hydrogens is 247 g/mol. The highest BCUT2D eigenvalue weighted by atomic mass is 35.5. The number of halogens is 2. The Balaban J connectivity index is 2.41. The lowest BCUT2D eigenvalue weighted by Gasteiger charge is -2.18. The van der Waals surface area contributed by atoms with Crippen LogP contribution in [0, 0.1) is 6.92 Å². The summed E-state index contributed by atoms with van der Waals surface area (Å²) in [7, 11) is 0. The van der Waals surface area contributed by atoms with Crippen LogP contribution in [0.15, 0.2) is 12.1 Å². The van der Waals surface area contributed by atoms with E-state index in [9.17, 15) is 4.79 Å². The first-order valence-electron chi connectivity index (χ1n) is 5.00. The molecule has 0 aromatic heterocycles. The molecule has 1 heterocycles. The molecule has 1 atom stereocenters. The summed E-state index contributed by atoms with van der Waals surface area (Å²) in [6.07, 6.45) is 0.373. The van der Waals surface area contributed by atoms with Crippen LogP contribution in [0.1, 0.15) is 12.0 Å². The van der Waals surface area contributed by atoms with Gasteiger partial charge in [-0.3, -0.25) is 4.79 Å². The summed E-state index contributed by atoms with van der Waals surface area (Å²) in [6.45, 7) is 2.39. The van der Waals surface area contributed by atoms with Crippen LogP contribution in [-0.2, 0) is 4.79 Å². The zero-order valence-electron chi connectivity index (χ0n) is 8.84. The first-order valence-corrected chi connectivity index (χ1v) is 5.76. The standard InChI is InChI=1S/C11H12Cl2N2O/c1-6-2-10(9(13)4-8(6)12)15-5-7(14)3-11(15)16/h2,4,7H,3,5,14H2,1H3. The largest absolute Gasteiger partial charge is 0.326 e. The minimum atomic E-state index is -0.112. The topological polar surface area (TPSA) is 46.3 Å². The third-order valence-corrected chi connectivity index (χ3v) is 3.38. The van der Waals surface area contributed by atoms with Crippen molar-refractivity contribution in [3.63, 3.8) is 0 Å². The highest BCUT2D eigenvalue weighted by Crippen LogP contribution is 2.33. The Morgan fingerprint density at radius 2 is 2.06 bits per heavy atom. The molecule has 0 bridgehead atoms. The van der Waals surface area contributed by atoms with Crippen molar-refractivity contribution in [1.82, 2.24) is 0 Å². The first kappa shape index (κ1) is 11.7. The molecule has 2 rings (SSSR count). The van der Waals surface area contributed by atoms with Gasteiger partial charge >= 0.3 is 0 Å². The molecule has 1 unspecified atom stereocenters. The lowest BCUT2D eigenvalue weighted by molar-refractivity contribution is -0.117. The second kappa shape index (κ2) is 4.24. The van der Waals surface area contributed by atoms with Crippen molar-refractivity contribution < 1.29 is 4.79 Å². The van der Waals surface area contributed by atoms with Crippen LogP contribution >= 0.6 is 23.2 Å². The van der Waals surface area contributed by atoms with Gasteiger partial charge < -0.3 is 10.6 Å². The van der Waals surface area contributed by atoms with E-state index >= 15 is 0 Å². The molecular formula is C11H12Cl2N2O. The summed E-state index contributed by atoms with van der Waals surface area (Å²) in [5.41, 5.74) is 7.33. The van der Waals surface area contributed by atoms with Gasteiger partial charge in [0, 0.05) is 24.0 Å². The number of carbonyl (C=O) groups excluding carboxylic acids is 1. The molecule has 0 radical (unpaired) electrons. The Labute approximate surface area is 104 Å². The van der Waals surface area contributed by atoms with Gasteiger partial charge in [-0.15, -0.1) is 0 Å². The van der Waals surface area contributed by atoms with E-state index in [1.54, 1.807) is 11.0 Å². The van der Waals surface area contributed by atoms with Crippen molar-refractivity contribution in [1.29, 1.82) is 0 Å². The van der Waals surface area contributed by atoms with Crippen LogP contribution in [0.3, 0.4) is 0 Å². The lowest BCUT2D eigenvalue weighted by atomic mass is 10.2. The van der Waals surface area contributed by atoms with E-state index in [1.807, 2.05) is 13.0 Å². The minimum Gasteiger partial charge on any atom is -0.326 e. The van der Waals surface area contributed by atoms with Gasteiger partial charge in [-0.1, -0.05) is 23.2 Å². The Hall–Kier alpha value is -0.770. The lowest BCUT2D eigenvalue weighted by Crippen LogP contribution is -2.28. The molecule has 1 aliphatic heterocycles. The van der Waals surface area contributed by atoms with Crippen molar-refractivity contribution in [2.75, 3.05) is 11.4 Å². The molecule has 1 aromatic carbocycles. The van der Waals surface area contributed by atoms with Crippen molar-refractivity contribution in [3.8, 4) is 0 Å². The van der Waals surface area contributed by atoms with Gasteiger partial charge in [0.25, 0.3) is 0 Å². The number of hydrogen-bond acceptors (Lipinski definition) is 2. The molecule has 86 valence electrons. The van der Waals surface area contributed by atoms with E-state index in [4.69, 9.17) is 28.9 Å². The number of nitrogens with zero attached hydrogens (tertiary/aromatic N) is 1. The fourth-order valence-electron chi connectivity index (χ4n) is 1.82. The van der Waals surface area contributed by atoms with Gasteiger partial charge in [-0.05, 0) is 24.6 Å². The summed E-state index contributed by atoms with van der Waals surface area (Å²) in [5.74, 6) is 0.0103. The average Bonchev–Trinajstić information content (AvgIpc) is 2.51. The van der Waals surface area contributed by atoms with Crippen molar-refractivity contribution in [3.05, 3.63) is 27.7 Å². The minimum absolute atomic E-state index is 0.0103. The molecule has 3 nitrogen and oxygen atoms in total. The Bertz CT molecular complexity index is 448. The number of aryl methyl sites for hydroxylation is 1. The Morgan fingerprint density at radius 3 is 2.62 bits per heavy atom. The van der Waals surface area contributed by atoms with Gasteiger partial charge in [0.05, 0.1) is 10.7 Å². The zero-order valence-corrected chi connectivity index (χ0v) is 10.3. The normalized spacial score (nSPS) is 20.6. The second-order valence-corrected chi connectivity index (χ2v) is 4.84. The van der Waals surface area contributed by atoms with E-state index in [0.717, 1.165) is 5.56 Å². The number of carbonyl (C=O) groups is 1. The number of amides is 1. The summed E-state index contributed by atoms with van der Waals surface area (Å²) < 4.78 is 0. The fraction of sp³-hybridized carbons (Fsp3) is 0.364. The molecule has 0 spiro atoms. The molecule has 1 amide bonds. The molecule has 0 saturated carbocycles. The SMILES string of the molecule is Cc1cc(N2CC(N)CC2=O)c(Cl)cc1Cl. The van der Waals surface area contributed by atoms with Gasteiger partial charge in [-0.25, -0.2) is 0 Å². The first-order chi connectivity index (χ1) is 7.49. The van der Waals surface area contributed by atoms with Crippen molar-refractivity contribution in [2.45, 2.75) is 19.4 Å². The second-order valence-electron chi connectivity index (χ2n) is 4.02.